The molecule has 2 rings (SSSR count). The quantitative estimate of drug-likeness (QED) is 0.779. The summed E-state index contributed by atoms with van der Waals surface area (Å²) in [6.07, 6.45) is 4.93. The standard InChI is InChI=1S/C12H13ClN4/c1-12(2,3)9-8(13)7-16-11(17-9)10-14-5-4-6-15-10/h4-7H,1-3H3. The van der Waals surface area contributed by atoms with Gasteiger partial charge in [-0.2, -0.15) is 0 Å². The van der Waals surface area contributed by atoms with Gasteiger partial charge in [-0.3, -0.25) is 0 Å². The molecule has 0 amide bonds. The molecule has 0 aliphatic rings. The van der Waals surface area contributed by atoms with E-state index in [1.165, 1.54) is 0 Å². The van der Waals surface area contributed by atoms with Gasteiger partial charge in [-0.1, -0.05) is 32.4 Å². The van der Waals surface area contributed by atoms with Crippen LogP contribution in [0.4, 0.5) is 0 Å². The summed E-state index contributed by atoms with van der Waals surface area (Å²) in [4.78, 5) is 16.8. The van der Waals surface area contributed by atoms with Crippen molar-refractivity contribution in [2.75, 3.05) is 0 Å². The molecular weight excluding hydrogens is 236 g/mol. The third-order valence-electron chi connectivity index (χ3n) is 2.22. The Kier molecular flexibility index (Phi) is 3.07. The van der Waals surface area contributed by atoms with Crippen LogP contribution in [-0.4, -0.2) is 19.9 Å². The predicted octanol–water partition coefficient (Wildman–Crippen LogP) is 2.88. The highest BCUT2D eigenvalue weighted by molar-refractivity contribution is 6.31. The summed E-state index contributed by atoms with van der Waals surface area (Å²) in [5.74, 6) is 1.01. The van der Waals surface area contributed by atoms with E-state index in [2.05, 4.69) is 40.7 Å². The summed E-state index contributed by atoms with van der Waals surface area (Å²) in [7, 11) is 0. The molecule has 0 radical (unpaired) electrons. The minimum atomic E-state index is -0.135. The summed E-state index contributed by atoms with van der Waals surface area (Å²) in [6, 6.07) is 1.75. The normalized spacial score (nSPS) is 11.5. The highest BCUT2D eigenvalue weighted by Crippen LogP contribution is 2.28. The monoisotopic (exact) mass is 248 g/mol. The van der Waals surface area contributed by atoms with Crippen LogP contribution in [0.1, 0.15) is 26.5 Å². The van der Waals surface area contributed by atoms with Gasteiger partial charge in [0.1, 0.15) is 0 Å². The molecule has 0 aliphatic carbocycles. The van der Waals surface area contributed by atoms with Gasteiger partial charge in [0.2, 0.25) is 0 Å². The molecule has 0 saturated heterocycles. The van der Waals surface area contributed by atoms with E-state index in [1.54, 1.807) is 24.7 Å². The van der Waals surface area contributed by atoms with Crippen LogP contribution in [0.3, 0.4) is 0 Å². The number of hydrogen-bond acceptors (Lipinski definition) is 4. The van der Waals surface area contributed by atoms with Crippen molar-refractivity contribution < 1.29 is 0 Å². The Balaban J connectivity index is 2.53. The van der Waals surface area contributed by atoms with Crippen LogP contribution >= 0.6 is 11.6 Å². The van der Waals surface area contributed by atoms with Crippen LogP contribution in [0, 0.1) is 0 Å². The summed E-state index contributed by atoms with van der Waals surface area (Å²) >= 11 is 6.10. The van der Waals surface area contributed by atoms with E-state index in [0.717, 1.165) is 5.69 Å². The van der Waals surface area contributed by atoms with Crippen LogP contribution < -0.4 is 0 Å². The molecule has 0 aliphatic heterocycles. The molecule has 0 saturated carbocycles. The molecule has 0 N–H and O–H groups in total. The molecule has 2 heterocycles. The van der Waals surface area contributed by atoms with Gasteiger partial charge in [-0.15, -0.1) is 0 Å². The fraction of sp³-hybridized carbons (Fsp3) is 0.333. The Morgan fingerprint density at radius 2 is 1.65 bits per heavy atom. The lowest BCUT2D eigenvalue weighted by molar-refractivity contribution is 0.568. The average Bonchev–Trinajstić information content (AvgIpc) is 2.29. The predicted molar refractivity (Wildman–Crippen MR) is 66.8 cm³/mol. The van der Waals surface area contributed by atoms with E-state index in [9.17, 15) is 0 Å². The van der Waals surface area contributed by atoms with Crippen molar-refractivity contribution in [1.29, 1.82) is 0 Å². The maximum absolute atomic E-state index is 6.10. The van der Waals surface area contributed by atoms with Crippen LogP contribution in [0.15, 0.2) is 24.7 Å². The van der Waals surface area contributed by atoms with Gasteiger partial charge in [0.25, 0.3) is 0 Å². The third-order valence-corrected chi connectivity index (χ3v) is 2.50. The molecule has 0 fully saturated rings. The van der Waals surface area contributed by atoms with Crippen molar-refractivity contribution in [3.8, 4) is 11.6 Å². The van der Waals surface area contributed by atoms with Crippen molar-refractivity contribution in [3.63, 3.8) is 0 Å². The zero-order valence-electron chi connectivity index (χ0n) is 9.98. The van der Waals surface area contributed by atoms with Gasteiger partial charge in [0.05, 0.1) is 10.7 Å². The highest BCUT2D eigenvalue weighted by Gasteiger charge is 2.21. The first kappa shape index (κ1) is 11.9. The lowest BCUT2D eigenvalue weighted by Gasteiger charge is -2.19. The van der Waals surface area contributed by atoms with Crippen molar-refractivity contribution in [2.45, 2.75) is 26.2 Å². The fourth-order valence-electron chi connectivity index (χ4n) is 1.42. The maximum atomic E-state index is 6.10. The molecule has 0 unspecified atom stereocenters. The Hall–Kier alpha value is -1.55. The summed E-state index contributed by atoms with van der Waals surface area (Å²) in [6.45, 7) is 6.16. The lowest BCUT2D eigenvalue weighted by atomic mass is 9.92. The molecule has 0 aromatic carbocycles. The zero-order chi connectivity index (χ0) is 12.5. The molecule has 17 heavy (non-hydrogen) atoms. The molecule has 0 bridgehead atoms. The summed E-state index contributed by atoms with van der Waals surface area (Å²) < 4.78 is 0. The maximum Gasteiger partial charge on any atom is 0.198 e. The summed E-state index contributed by atoms with van der Waals surface area (Å²) in [5, 5.41) is 0.567. The van der Waals surface area contributed by atoms with E-state index in [0.29, 0.717) is 16.7 Å². The van der Waals surface area contributed by atoms with E-state index in [1.807, 2.05) is 0 Å². The minimum absolute atomic E-state index is 0.135. The molecule has 2 aromatic rings. The Bertz CT molecular complexity index is 520. The fourth-order valence-corrected chi connectivity index (χ4v) is 1.79. The molecule has 2 aromatic heterocycles. The molecule has 4 nitrogen and oxygen atoms in total. The van der Waals surface area contributed by atoms with Crippen molar-refractivity contribution in [1.82, 2.24) is 19.9 Å². The Morgan fingerprint density at radius 1 is 1.00 bits per heavy atom. The second kappa shape index (κ2) is 4.37. The number of halogens is 1. The second-order valence-corrected chi connectivity index (χ2v) is 5.12. The molecular formula is C12H13ClN4. The van der Waals surface area contributed by atoms with Crippen LogP contribution in [-0.2, 0) is 5.41 Å². The van der Waals surface area contributed by atoms with Crippen LogP contribution in [0.25, 0.3) is 11.6 Å². The first-order valence-corrected chi connectivity index (χ1v) is 5.66. The largest absolute Gasteiger partial charge is 0.234 e. The summed E-state index contributed by atoms with van der Waals surface area (Å²) in [5.41, 5.74) is 0.667. The molecule has 5 heteroatoms. The topological polar surface area (TPSA) is 51.6 Å². The average molecular weight is 249 g/mol. The SMILES string of the molecule is CC(C)(C)c1nc(-c2ncccn2)ncc1Cl. The van der Waals surface area contributed by atoms with Gasteiger partial charge in [-0.05, 0) is 6.07 Å². The second-order valence-electron chi connectivity index (χ2n) is 4.71. The molecule has 0 atom stereocenters. The van der Waals surface area contributed by atoms with E-state index < -0.39 is 0 Å². The Morgan fingerprint density at radius 3 is 2.24 bits per heavy atom. The molecule has 88 valence electrons. The van der Waals surface area contributed by atoms with E-state index >= 15 is 0 Å². The lowest BCUT2D eigenvalue weighted by Crippen LogP contribution is -2.15. The number of hydrogen-bond donors (Lipinski definition) is 0. The zero-order valence-corrected chi connectivity index (χ0v) is 10.7. The number of aromatic nitrogens is 4. The minimum Gasteiger partial charge on any atom is -0.234 e. The van der Waals surface area contributed by atoms with Crippen molar-refractivity contribution in [2.24, 2.45) is 0 Å². The van der Waals surface area contributed by atoms with Crippen LogP contribution in [0.5, 0.6) is 0 Å². The van der Waals surface area contributed by atoms with Gasteiger partial charge in [-0.25, -0.2) is 19.9 Å². The van der Waals surface area contributed by atoms with E-state index in [-0.39, 0.29) is 5.41 Å². The number of rotatable bonds is 1. The van der Waals surface area contributed by atoms with Crippen LogP contribution in [0.2, 0.25) is 5.02 Å². The third kappa shape index (κ3) is 2.58. The van der Waals surface area contributed by atoms with Crippen molar-refractivity contribution in [3.05, 3.63) is 35.4 Å². The van der Waals surface area contributed by atoms with Gasteiger partial charge < -0.3 is 0 Å². The Labute approximate surface area is 105 Å². The van der Waals surface area contributed by atoms with Gasteiger partial charge in [0, 0.05) is 24.0 Å². The first-order chi connectivity index (χ1) is 7.98. The molecule has 0 spiro atoms. The van der Waals surface area contributed by atoms with Crippen molar-refractivity contribution >= 4 is 11.6 Å². The highest BCUT2D eigenvalue weighted by atomic mass is 35.5. The van der Waals surface area contributed by atoms with Gasteiger partial charge >= 0.3 is 0 Å². The number of nitrogens with zero attached hydrogens (tertiary/aromatic N) is 4. The van der Waals surface area contributed by atoms with E-state index in [4.69, 9.17) is 11.6 Å². The first-order valence-electron chi connectivity index (χ1n) is 5.29. The smallest absolute Gasteiger partial charge is 0.198 e. The van der Waals surface area contributed by atoms with Gasteiger partial charge in [0.15, 0.2) is 11.6 Å².